The average molecular weight is 299 g/mol. The molecule has 118 valence electrons. The Morgan fingerprint density at radius 1 is 1.41 bits per heavy atom. The number of nitrogens with zero attached hydrogens (tertiary/aromatic N) is 1. The maximum atomic E-state index is 11.7. The van der Waals surface area contributed by atoms with E-state index in [4.69, 9.17) is 0 Å². The normalized spacial score (nSPS) is 22.5. The van der Waals surface area contributed by atoms with Crippen molar-refractivity contribution >= 4 is 16.9 Å². The largest absolute Gasteiger partial charge is 0.481 e. The molecule has 0 saturated heterocycles. The summed E-state index contributed by atoms with van der Waals surface area (Å²) in [5.41, 5.74) is 3.64. The SMILES string of the molecule is CCCn1c2c(c3ccccc31)CCCC2(C)C(C)C(=O)O. The maximum Gasteiger partial charge on any atom is 0.307 e. The number of carbonyl (C=O) groups is 1. The number of fused-ring (bicyclic) bond motifs is 3. The third kappa shape index (κ3) is 2.06. The van der Waals surface area contributed by atoms with Crippen LogP contribution in [0.25, 0.3) is 10.9 Å². The van der Waals surface area contributed by atoms with Crippen LogP contribution in [0.4, 0.5) is 0 Å². The Morgan fingerprint density at radius 2 is 2.14 bits per heavy atom. The first-order chi connectivity index (χ1) is 10.5. The van der Waals surface area contributed by atoms with E-state index in [9.17, 15) is 9.90 Å². The van der Waals surface area contributed by atoms with Crippen LogP contribution in [0.1, 0.15) is 51.3 Å². The summed E-state index contributed by atoms with van der Waals surface area (Å²) in [6.45, 7) is 7.15. The summed E-state index contributed by atoms with van der Waals surface area (Å²) in [7, 11) is 0. The standard InChI is InChI=1S/C19H25NO2/c1-4-12-20-16-10-6-5-8-14(16)15-9-7-11-19(3,17(15)20)13(2)18(21)22/h5-6,8,10,13H,4,7,9,11-12H2,1-3H3,(H,21,22). The van der Waals surface area contributed by atoms with Gasteiger partial charge < -0.3 is 9.67 Å². The minimum absolute atomic E-state index is 0.284. The molecule has 0 fully saturated rings. The molecule has 3 nitrogen and oxygen atoms in total. The summed E-state index contributed by atoms with van der Waals surface area (Å²) in [6, 6.07) is 8.54. The number of para-hydroxylation sites is 1. The molecule has 2 atom stereocenters. The zero-order chi connectivity index (χ0) is 15.9. The van der Waals surface area contributed by atoms with Gasteiger partial charge in [0.25, 0.3) is 0 Å². The lowest BCUT2D eigenvalue weighted by atomic mass is 9.67. The van der Waals surface area contributed by atoms with Crippen molar-refractivity contribution in [1.29, 1.82) is 0 Å². The smallest absolute Gasteiger partial charge is 0.307 e. The van der Waals surface area contributed by atoms with Crippen LogP contribution in [0.5, 0.6) is 0 Å². The van der Waals surface area contributed by atoms with E-state index in [2.05, 4.69) is 42.7 Å². The van der Waals surface area contributed by atoms with E-state index in [1.54, 1.807) is 0 Å². The number of aliphatic carboxylic acids is 1. The molecule has 2 aromatic rings. The van der Waals surface area contributed by atoms with Gasteiger partial charge in [-0.25, -0.2) is 0 Å². The van der Waals surface area contributed by atoms with Crippen molar-refractivity contribution in [3.05, 3.63) is 35.5 Å². The molecule has 0 radical (unpaired) electrons. The van der Waals surface area contributed by atoms with E-state index < -0.39 is 5.97 Å². The molecule has 1 heterocycles. The number of hydrogen-bond donors (Lipinski definition) is 1. The Bertz CT molecular complexity index is 716. The van der Waals surface area contributed by atoms with Crippen LogP contribution in [0.2, 0.25) is 0 Å². The molecule has 1 aromatic carbocycles. The predicted octanol–water partition coefficient (Wildman–Crippen LogP) is 4.37. The molecule has 1 N–H and O–H groups in total. The van der Waals surface area contributed by atoms with Crippen molar-refractivity contribution in [1.82, 2.24) is 4.57 Å². The topological polar surface area (TPSA) is 42.2 Å². The molecule has 22 heavy (non-hydrogen) atoms. The first-order valence-electron chi connectivity index (χ1n) is 8.34. The molecular weight excluding hydrogens is 274 g/mol. The van der Waals surface area contributed by atoms with E-state index in [1.165, 1.54) is 22.2 Å². The number of carboxylic acid groups (broad SMARTS) is 1. The Labute approximate surface area is 131 Å². The molecule has 0 spiro atoms. The van der Waals surface area contributed by atoms with E-state index in [0.717, 1.165) is 32.2 Å². The summed E-state index contributed by atoms with van der Waals surface area (Å²) in [4.78, 5) is 11.7. The minimum atomic E-state index is -0.691. The van der Waals surface area contributed by atoms with Crippen LogP contribution in [0.3, 0.4) is 0 Å². The number of hydrogen-bond acceptors (Lipinski definition) is 1. The van der Waals surface area contributed by atoms with E-state index >= 15 is 0 Å². The van der Waals surface area contributed by atoms with Gasteiger partial charge >= 0.3 is 5.97 Å². The molecule has 0 amide bonds. The van der Waals surface area contributed by atoms with Crippen LogP contribution >= 0.6 is 0 Å². The summed E-state index contributed by atoms with van der Waals surface area (Å²) in [5, 5.41) is 10.9. The molecule has 0 saturated carbocycles. The van der Waals surface area contributed by atoms with Gasteiger partial charge in [0.15, 0.2) is 0 Å². The Morgan fingerprint density at radius 3 is 2.82 bits per heavy atom. The predicted molar refractivity (Wildman–Crippen MR) is 89.3 cm³/mol. The van der Waals surface area contributed by atoms with Crippen molar-refractivity contribution in [3.8, 4) is 0 Å². The zero-order valence-corrected chi connectivity index (χ0v) is 13.7. The van der Waals surface area contributed by atoms with Crippen LogP contribution in [0.15, 0.2) is 24.3 Å². The summed E-state index contributed by atoms with van der Waals surface area (Å²) >= 11 is 0. The van der Waals surface area contributed by atoms with Crippen LogP contribution in [0, 0.1) is 5.92 Å². The van der Waals surface area contributed by atoms with Crippen molar-refractivity contribution in [2.75, 3.05) is 0 Å². The van der Waals surface area contributed by atoms with Gasteiger partial charge in [-0.15, -0.1) is 0 Å². The van der Waals surface area contributed by atoms with Gasteiger partial charge in [-0.05, 0) is 37.3 Å². The van der Waals surface area contributed by atoms with Crippen molar-refractivity contribution in [2.45, 2.75) is 58.4 Å². The first kappa shape index (κ1) is 15.1. The lowest BCUT2D eigenvalue weighted by Crippen LogP contribution is -2.40. The van der Waals surface area contributed by atoms with Crippen LogP contribution in [-0.4, -0.2) is 15.6 Å². The summed E-state index contributed by atoms with van der Waals surface area (Å²) < 4.78 is 2.39. The molecular formula is C19H25NO2. The summed E-state index contributed by atoms with van der Waals surface area (Å²) in [5.74, 6) is -1.06. The third-order valence-electron chi connectivity index (χ3n) is 5.51. The molecule has 1 aliphatic rings. The van der Waals surface area contributed by atoms with E-state index in [0.29, 0.717) is 0 Å². The number of benzene rings is 1. The van der Waals surface area contributed by atoms with Gasteiger partial charge in [0.1, 0.15) is 0 Å². The molecule has 0 bridgehead atoms. The Balaban J connectivity index is 2.31. The second-order valence-electron chi connectivity index (χ2n) is 6.83. The molecule has 3 heteroatoms. The van der Waals surface area contributed by atoms with Gasteiger partial charge in [-0.3, -0.25) is 4.79 Å². The minimum Gasteiger partial charge on any atom is -0.481 e. The highest BCUT2D eigenvalue weighted by Gasteiger charge is 2.43. The average Bonchev–Trinajstić information content (AvgIpc) is 2.83. The first-order valence-corrected chi connectivity index (χ1v) is 8.34. The summed E-state index contributed by atoms with van der Waals surface area (Å²) in [6.07, 6.45) is 4.14. The highest BCUT2D eigenvalue weighted by molar-refractivity contribution is 5.87. The number of aryl methyl sites for hydroxylation is 2. The van der Waals surface area contributed by atoms with Gasteiger partial charge in [0, 0.05) is 28.6 Å². The lowest BCUT2D eigenvalue weighted by molar-refractivity contribution is -0.143. The maximum absolute atomic E-state index is 11.7. The molecule has 0 aliphatic heterocycles. The second kappa shape index (κ2) is 5.45. The second-order valence-corrected chi connectivity index (χ2v) is 6.83. The quantitative estimate of drug-likeness (QED) is 0.911. The van der Waals surface area contributed by atoms with Gasteiger partial charge in [-0.2, -0.15) is 0 Å². The monoisotopic (exact) mass is 299 g/mol. The number of rotatable bonds is 4. The van der Waals surface area contributed by atoms with Gasteiger partial charge in [0.2, 0.25) is 0 Å². The highest BCUT2D eigenvalue weighted by Crippen LogP contribution is 2.46. The zero-order valence-electron chi connectivity index (χ0n) is 13.7. The fourth-order valence-electron chi connectivity index (χ4n) is 4.18. The molecule has 2 unspecified atom stereocenters. The molecule has 1 aromatic heterocycles. The van der Waals surface area contributed by atoms with Crippen LogP contribution < -0.4 is 0 Å². The number of aromatic nitrogens is 1. The Kier molecular flexibility index (Phi) is 3.75. The van der Waals surface area contributed by atoms with Gasteiger partial charge in [0.05, 0.1) is 5.92 Å². The van der Waals surface area contributed by atoms with Crippen molar-refractivity contribution in [2.24, 2.45) is 5.92 Å². The third-order valence-corrected chi connectivity index (χ3v) is 5.51. The van der Waals surface area contributed by atoms with Crippen molar-refractivity contribution < 1.29 is 9.90 Å². The van der Waals surface area contributed by atoms with Crippen LogP contribution in [-0.2, 0) is 23.2 Å². The lowest BCUT2D eigenvalue weighted by Gasteiger charge is -2.39. The fraction of sp³-hybridized carbons (Fsp3) is 0.526. The Hall–Kier alpha value is -1.77. The highest BCUT2D eigenvalue weighted by atomic mass is 16.4. The van der Waals surface area contributed by atoms with Crippen molar-refractivity contribution in [3.63, 3.8) is 0 Å². The molecule has 1 aliphatic carbocycles. The van der Waals surface area contributed by atoms with E-state index in [-0.39, 0.29) is 11.3 Å². The van der Waals surface area contributed by atoms with Gasteiger partial charge in [-0.1, -0.05) is 39.0 Å². The van der Waals surface area contributed by atoms with E-state index in [1.807, 2.05) is 6.92 Å². The molecule has 3 rings (SSSR count). The number of carboxylic acids is 1. The fourth-order valence-corrected chi connectivity index (χ4v) is 4.18.